The number of hydrogen-bond acceptors (Lipinski definition) is 4. The number of ether oxygens (including phenoxy) is 1. The van der Waals surface area contributed by atoms with Gasteiger partial charge in [0.05, 0.1) is 7.11 Å². The summed E-state index contributed by atoms with van der Waals surface area (Å²) in [6.07, 6.45) is 0.774. The van der Waals surface area contributed by atoms with Crippen LogP contribution in [-0.4, -0.2) is 37.5 Å². The van der Waals surface area contributed by atoms with Crippen LogP contribution in [0.5, 0.6) is 5.75 Å². The lowest BCUT2D eigenvalue weighted by atomic mass is 9.80. The predicted octanol–water partition coefficient (Wildman–Crippen LogP) is 5.25. The Morgan fingerprint density at radius 1 is 0.971 bits per heavy atom. The zero-order valence-corrected chi connectivity index (χ0v) is 21.5. The van der Waals surface area contributed by atoms with Gasteiger partial charge in [-0.3, -0.25) is 0 Å². The topological polar surface area (TPSA) is 53.5 Å². The van der Waals surface area contributed by atoms with Gasteiger partial charge in [-0.05, 0) is 47.1 Å². The van der Waals surface area contributed by atoms with E-state index >= 15 is 0 Å². The first kappa shape index (κ1) is 25.4. The van der Waals surface area contributed by atoms with E-state index in [4.69, 9.17) is 4.74 Å². The summed E-state index contributed by atoms with van der Waals surface area (Å²) in [5.74, 6) is 1.47. The molecule has 1 aliphatic rings. The fourth-order valence-electron chi connectivity index (χ4n) is 5.44. The molecule has 3 aromatic rings. The second-order valence-corrected chi connectivity index (χ2v) is 10.7. The third kappa shape index (κ3) is 5.95. The van der Waals surface area contributed by atoms with Gasteiger partial charge >= 0.3 is 0 Å². The first-order valence-corrected chi connectivity index (χ1v) is 12.8. The van der Waals surface area contributed by atoms with Gasteiger partial charge in [-0.1, -0.05) is 93.6 Å². The maximum Gasteiger partial charge on any atom is 0.123 e. The van der Waals surface area contributed by atoms with Crippen molar-refractivity contribution in [2.24, 2.45) is 5.92 Å². The predicted molar refractivity (Wildman–Crippen MR) is 144 cm³/mol. The van der Waals surface area contributed by atoms with Crippen LogP contribution in [-0.2, 0) is 12.0 Å². The van der Waals surface area contributed by atoms with E-state index in [1.165, 1.54) is 22.3 Å². The van der Waals surface area contributed by atoms with E-state index in [0.717, 1.165) is 18.7 Å². The molecule has 4 nitrogen and oxygen atoms in total. The molecule has 3 atom stereocenters. The van der Waals surface area contributed by atoms with Crippen LogP contribution < -0.4 is 15.4 Å². The molecule has 35 heavy (non-hydrogen) atoms. The lowest BCUT2D eigenvalue weighted by Gasteiger charge is -2.32. The smallest absolute Gasteiger partial charge is 0.123 e. The van der Waals surface area contributed by atoms with E-state index in [1.54, 1.807) is 7.11 Å². The lowest BCUT2D eigenvalue weighted by molar-refractivity contribution is 0.241. The van der Waals surface area contributed by atoms with Crippen LogP contribution in [0.25, 0.3) is 0 Å². The maximum atomic E-state index is 9.82. The Hall–Kier alpha value is -2.66. The van der Waals surface area contributed by atoms with Gasteiger partial charge in [0.15, 0.2) is 0 Å². The highest BCUT2D eigenvalue weighted by molar-refractivity contribution is 5.40. The van der Waals surface area contributed by atoms with Crippen molar-refractivity contribution < 1.29 is 9.84 Å². The molecule has 3 N–H and O–H groups in total. The van der Waals surface area contributed by atoms with Crippen molar-refractivity contribution in [3.05, 3.63) is 101 Å². The van der Waals surface area contributed by atoms with E-state index in [0.29, 0.717) is 12.5 Å². The van der Waals surface area contributed by atoms with Gasteiger partial charge in [-0.15, -0.1) is 0 Å². The van der Waals surface area contributed by atoms with E-state index in [-0.39, 0.29) is 30.0 Å². The SMILES string of the molecule is COc1ccc(C(C)(C)C)cc1CNC1C(CCO)CNC1C(c1ccccc1)c1ccccc1. The summed E-state index contributed by atoms with van der Waals surface area (Å²) in [5.41, 5.74) is 5.16. The van der Waals surface area contributed by atoms with Crippen LogP contribution in [0.15, 0.2) is 78.9 Å². The summed E-state index contributed by atoms with van der Waals surface area (Å²) >= 11 is 0. The molecule has 1 saturated heterocycles. The van der Waals surface area contributed by atoms with E-state index in [9.17, 15) is 5.11 Å². The van der Waals surface area contributed by atoms with E-state index in [1.807, 2.05) is 0 Å². The summed E-state index contributed by atoms with van der Waals surface area (Å²) in [6.45, 7) is 8.52. The number of methoxy groups -OCH3 is 1. The molecule has 1 heterocycles. The van der Waals surface area contributed by atoms with Crippen LogP contribution in [0, 0.1) is 5.92 Å². The highest BCUT2D eigenvalue weighted by atomic mass is 16.5. The first-order valence-electron chi connectivity index (χ1n) is 12.8. The molecule has 3 unspecified atom stereocenters. The van der Waals surface area contributed by atoms with Gasteiger partial charge in [-0.25, -0.2) is 0 Å². The average Bonchev–Trinajstić information content (AvgIpc) is 3.25. The monoisotopic (exact) mass is 472 g/mol. The molecule has 1 aliphatic heterocycles. The minimum absolute atomic E-state index is 0.0730. The zero-order valence-electron chi connectivity index (χ0n) is 21.5. The average molecular weight is 473 g/mol. The van der Waals surface area contributed by atoms with Crippen LogP contribution in [0.1, 0.15) is 55.4 Å². The Morgan fingerprint density at radius 2 is 1.60 bits per heavy atom. The van der Waals surface area contributed by atoms with Crippen molar-refractivity contribution >= 4 is 0 Å². The molecule has 3 aromatic carbocycles. The Morgan fingerprint density at radius 3 is 2.14 bits per heavy atom. The Balaban J connectivity index is 1.66. The highest BCUT2D eigenvalue weighted by Crippen LogP contribution is 2.35. The molecule has 0 bridgehead atoms. The molecule has 0 spiro atoms. The maximum absolute atomic E-state index is 9.82. The lowest BCUT2D eigenvalue weighted by Crippen LogP contribution is -2.46. The minimum atomic E-state index is 0.0730. The number of aliphatic hydroxyl groups excluding tert-OH is 1. The molecule has 0 saturated carbocycles. The van der Waals surface area contributed by atoms with Gasteiger partial charge in [0.2, 0.25) is 0 Å². The van der Waals surface area contributed by atoms with Crippen molar-refractivity contribution in [2.75, 3.05) is 20.3 Å². The van der Waals surface area contributed by atoms with Gasteiger partial charge in [0.1, 0.15) is 5.75 Å². The molecule has 1 fully saturated rings. The normalized spacial score (nSPS) is 20.3. The van der Waals surface area contributed by atoms with Crippen molar-refractivity contribution in [3.8, 4) is 5.75 Å². The molecule has 0 radical (unpaired) electrons. The zero-order chi connectivity index (χ0) is 24.8. The summed E-state index contributed by atoms with van der Waals surface area (Å²) < 4.78 is 5.72. The van der Waals surface area contributed by atoms with Crippen molar-refractivity contribution in [3.63, 3.8) is 0 Å². The Kier molecular flexibility index (Phi) is 8.27. The number of aliphatic hydroxyl groups is 1. The van der Waals surface area contributed by atoms with Crippen LogP contribution in [0.4, 0.5) is 0 Å². The summed E-state index contributed by atoms with van der Waals surface area (Å²) in [5, 5.41) is 17.6. The van der Waals surface area contributed by atoms with Gasteiger partial charge < -0.3 is 20.5 Å². The second-order valence-electron chi connectivity index (χ2n) is 10.7. The fraction of sp³-hybridized carbons (Fsp3) is 0.419. The number of nitrogens with one attached hydrogen (secondary N) is 2. The first-order chi connectivity index (χ1) is 16.9. The molecule has 0 aromatic heterocycles. The molecule has 4 heteroatoms. The summed E-state index contributed by atoms with van der Waals surface area (Å²) in [4.78, 5) is 0. The quantitative estimate of drug-likeness (QED) is 0.398. The van der Waals surface area contributed by atoms with Crippen LogP contribution in [0.2, 0.25) is 0 Å². The minimum Gasteiger partial charge on any atom is -0.496 e. The third-order valence-corrected chi connectivity index (χ3v) is 7.36. The van der Waals surface area contributed by atoms with Crippen molar-refractivity contribution in [2.45, 2.75) is 57.2 Å². The number of hydrogen-bond donors (Lipinski definition) is 3. The molecule has 186 valence electrons. The molecule has 0 amide bonds. The Bertz CT molecular complexity index is 1020. The largest absolute Gasteiger partial charge is 0.496 e. The van der Waals surface area contributed by atoms with Gasteiger partial charge in [0.25, 0.3) is 0 Å². The van der Waals surface area contributed by atoms with Crippen LogP contribution >= 0.6 is 0 Å². The van der Waals surface area contributed by atoms with Crippen molar-refractivity contribution in [1.82, 2.24) is 10.6 Å². The van der Waals surface area contributed by atoms with Gasteiger partial charge in [-0.2, -0.15) is 0 Å². The van der Waals surface area contributed by atoms with E-state index in [2.05, 4.69) is 110 Å². The molecule has 0 aliphatic carbocycles. The van der Waals surface area contributed by atoms with Gasteiger partial charge in [0, 0.05) is 36.7 Å². The van der Waals surface area contributed by atoms with E-state index < -0.39 is 0 Å². The number of rotatable bonds is 9. The second kappa shape index (κ2) is 11.4. The standard InChI is InChI=1S/C31H40N2O2/c1-31(2,3)26-15-16-27(35-4)25(19-26)21-32-29-24(17-18-34)20-33-30(29)28(22-11-7-5-8-12-22)23-13-9-6-10-14-23/h5-16,19,24,28-30,32-34H,17-18,20-21H2,1-4H3. The molecular formula is C31H40N2O2. The van der Waals surface area contributed by atoms with Crippen LogP contribution in [0.3, 0.4) is 0 Å². The molecular weight excluding hydrogens is 432 g/mol. The summed E-state index contributed by atoms with van der Waals surface area (Å²) in [7, 11) is 1.74. The number of benzene rings is 3. The Labute approximate surface area is 210 Å². The summed E-state index contributed by atoms with van der Waals surface area (Å²) in [6, 6.07) is 28.5. The molecule has 4 rings (SSSR count). The third-order valence-electron chi connectivity index (χ3n) is 7.36. The fourth-order valence-corrected chi connectivity index (χ4v) is 5.44. The van der Waals surface area contributed by atoms with Crippen molar-refractivity contribution in [1.29, 1.82) is 0 Å². The highest BCUT2D eigenvalue weighted by Gasteiger charge is 2.40.